The van der Waals surface area contributed by atoms with Crippen molar-refractivity contribution < 1.29 is 4.90 Å². The Labute approximate surface area is 174 Å². The van der Waals surface area contributed by atoms with Crippen LogP contribution in [0.25, 0.3) is 0 Å². The molecule has 0 aromatic heterocycles. The number of anilines is 1. The van der Waals surface area contributed by atoms with Gasteiger partial charge in [-0.25, -0.2) is 0 Å². The minimum atomic E-state index is 0.487. The van der Waals surface area contributed by atoms with Gasteiger partial charge < -0.3 is 15.5 Å². The Kier molecular flexibility index (Phi) is 5.98. The summed E-state index contributed by atoms with van der Waals surface area (Å²) in [4.78, 5) is 1.79. The van der Waals surface area contributed by atoms with Crippen LogP contribution in [0.1, 0.15) is 48.8 Å². The molecule has 2 aliphatic heterocycles. The highest BCUT2D eigenvalue weighted by atomic mass is 32.1. The first-order valence-electron chi connectivity index (χ1n) is 10.6. The first-order valence-corrected chi connectivity index (χ1v) is 11.0. The third kappa shape index (κ3) is 4.56. The second-order valence-electron chi connectivity index (χ2n) is 8.63. The number of hydrogen-bond donors (Lipinski definition) is 3. The molecule has 2 saturated heterocycles. The molecule has 2 aromatic rings. The minimum absolute atomic E-state index is 0.487. The minimum Gasteiger partial charge on any atom is -0.359 e. The van der Waals surface area contributed by atoms with Crippen LogP contribution in [0.15, 0.2) is 48.5 Å². The fourth-order valence-electron chi connectivity index (χ4n) is 5.05. The summed E-state index contributed by atoms with van der Waals surface area (Å²) in [6.07, 6.45) is 6.49. The van der Waals surface area contributed by atoms with Gasteiger partial charge in [0.05, 0.1) is 12.1 Å². The Morgan fingerprint density at radius 2 is 1.71 bits per heavy atom. The molecule has 4 rings (SSSR count). The lowest BCUT2D eigenvalue weighted by atomic mass is 9.81. The van der Waals surface area contributed by atoms with Crippen LogP contribution in [0, 0.1) is 13.8 Å². The van der Waals surface area contributed by atoms with Crippen LogP contribution in [0.3, 0.4) is 0 Å². The van der Waals surface area contributed by atoms with E-state index in [1.54, 1.807) is 4.90 Å². The smallest absolute Gasteiger partial charge is 0.171 e. The van der Waals surface area contributed by atoms with Crippen LogP contribution in [0.5, 0.6) is 0 Å². The SMILES string of the molecule is Cc1ccc(NC(=S)NC2C[C@H]3CCC[C@H](C2)[NH+]3Cc2ccccc2)cc1C. The number of nitrogens with one attached hydrogen (secondary N) is 3. The number of benzene rings is 2. The number of rotatable bonds is 4. The molecule has 2 aliphatic rings. The van der Waals surface area contributed by atoms with Crippen molar-refractivity contribution in [1.82, 2.24) is 5.32 Å². The summed E-state index contributed by atoms with van der Waals surface area (Å²) in [5.41, 5.74) is 5.15. The van der Waals surface area contributed by atoms with Crippen LogP contribution < -0.4 is 15.5 Å². The van der Waals surface area contributed by atoms with Gasteiger partial charge in [0.25, 0.3) is 0 Å². The number of aryl methyl sites for hydroxylation is 2. The van der Waals surface area contributed by atoms with Gasteiger partial charge in [-0.3, -0.25) is 0 Å². The molecule has 3 nitrogen and oxygen atoms in total. The second kappa shape index (κ2) is 8.62. The summed E-state index contributed by atoms with van der Waals surface area (Å²) in [6.45, 7) is 5.44. The summed E-state index contributed by atoms with van der Waals surface area (Å²) >= 11 is 5.63. The molecule has 0 saturated carbocycles. The molecule has 0 radical (unpaired) electrons. The average Bonchev–Trinajstić information content (AvgIpc) is 2.66. The van der Waals surface area contributed by atoms with E-state index in [4.69, 9.17) is 12.2 Å². The molecule has 2 aromatic carbocycles. The van der Waals surface area contributed by atoms with Crippen LogP contribution >= 0.6 is 12.2 Å². The highest BCUT2D eigenvalue weighted by Crippen LogP contribution is 2.23. The van der Waals surface area contributed by atoms with Gasteiger partial charge in [-0.2, -0.15) is 0 Å². The lowest BCUT2D eigenvalue weighted by Crippen LogP contribution is -3.20. The van der Waals surface area contributed by atoms with E-state index >= 15 is 0 Å². The normalized spacial score (nSPS) is 26.5. The first-order chi connectivity index (χ1) is 13.6. The Bertz CT molecular complexity index is 806. The molecular weight excluding hydrogens is 362 g/mol. The van der Waals surface area contributed by atoms with Gasteiger partial charge >= 0.3 is 0 Å². The second-order valence-corrected chi connectivity index (χ2v) is 9.04. The monoisotopic (exact) mass is 394 g/mol. The van der Waals surface area contributed by atoms with Gasteiger partial charge in [-0.1, -0.05) is 36.4 Å². The topological polar surface area (TPSA) is 28.5 Å². The molecule has 28 heavy (non-hydrogen) atoms. The van der Waals surface area contributed by atoms with Gasteiger partial charge in [0.2, 0.25) is 0 Å². The van der Waals surface area contributed by atoms with E-state index in [0.717, 1.165) is 29.4 Å². The van der Waals surface area contributed by atoms with Gasteiger partial charge in [-0.05, 0) is 68.6 Å². The maximum Gasteiger partial charge on any atom is 0.171 e. The summed E-state index contributed by atoms with van der Waals surface area (Å²) < 4.78 is 0. The average molecular weight is 395 g/mol. The van der Waals surface area contributed by atoms with Crippen molar-refractivity contribution >= 4 is 23.0 Å². The summed E-state index contributed by atoms with van der Waals surface area (Å²) in [6, 6.07) is 19.4. The maximum absolute atomic E-state index is 5.63. The number of hydrogen-bond acceptors (Lipinski definition) is 1. The molecule has 3 N–H and O–H groups in total. The maximum atomic E-state index is 5.63. The van der Waals surface area contributed by atoms with E-state index in [1.165, 1.54) is 48.8 Å². The third-order valence-corrected chi connectivity index (χ3v) is 6.86. The molecular formula is C24H32N3S+. The number of quaternary nitrogens is 1. The number of fused-ring (bicyclic) bond motifs is 2. The summed E-state index contributed by atoms with van der Waals surface area (Å²) in [7, 11) is 0. The molecule has 4 heteroatoms. The molecule has 2 atom stereocenters. The van der Waals surface area contributed by atoms with E-state index in [2.05, 4.69) is 73.0 Å². The van der Waals surface area contributed by atoms with Gasteiger partial charge in [0.1, 0.15) is 6.54 Å². The highest BCUT2D eigenvalue weighted by Gasteiger charge is 2.41. The Balaban J connectivity index is 1.36. The predicted octanol–water partition coefficient (Wildman–Crippen LogP) is 3.76. The van der Waals surface area contributed by atoms with Gasteiger partial charge in [-0.15, -0.1) is 0 Å². The fraction of sp³-hybridized carbons (Fsp3) is 0.458. The van der Waals surface area contributed by atoms with E-state index in [-0.39, 0.29) is 0 Å². The first kappa shape index (κ1) is 19.4. The number of piperidine rings is 2. The van der Waals surface area contributed by atoms with Crippen LogP contribution in [-0.2, 0) is 6.54 Å². The molecule has 2 heterocycles. The van der Waals surface area contributed by atoms with E-state index in [0.29, 0.717) is 6.04 Å². The molecule has 0 unspecified atom stereocenters. The molecule has 2 bridgehead atoms. The van der Waals surface area contributed by atoms with Crippen molar-refractivity contribution in [3.8, 4) is 0 Å². The molecule has 0 aliphatic carbocycles. The molecule has 148 valence electrons. The van der Waals surface area contributed by atoms with Crippen molar-refractivity contribution in [1.29, 1.82) is 0 Å². The lowest BCUT2D eigenvalue weighted by molar-refractivity contribution is -0.973. The zero-order valence-electron chi connectivity index (χ0n) is 17.0. The largest absolute Gasteiger partial charge is 0.359 e. The summed E-state index contributed by atoms with van der Waals surface area (Å²) in [5.74, 6) is 0. The van der Waals surface area contributed by atoms with Crippen molar-refractivity contribution in [2.24, 2.45) is 0 Å². The standard InChI is InChI=1S/C24H31N3S/c1-17-11-12-20(13-18(17)2)25-24(28)26-21-14-22-9-6-10-23(15-21)27(22)16-19-7-4-3-5-8-19/h3-5,7-8,11-13,21-23H,6,9-10,14-16H2,1-2H3,(H2,25,26,28)/p+1/t22-,23-/m1/s1. The van der Waals surface area contributed by atoms with Crippen molar-refractivity contribution in [3.05, 3.63) is 65.2 Å². The zero-order valence-corrected chi connectivity index (χ0v) is 17.8. The lowest BCUT2D eigenvalue weighted by Gasteiger charge is -2.46. The number of thiocarbonyl (C=S) groups is 1. The predicted molar refractivity (Wildman–Crippen MR) is 121 cm³/mol. The van der Waals surface area contributed by atoms with Gasteiger partial charge in [0, 0.05) is 30.1 Å². The van der Waals surface area contributed by atoms with Crippen molar-refractivity contribution in [2.45, 2.75) is 70.6 Å². The van der Waals surface area contributed by atoms with Crippen LogP contribution in [0.2, 0.25) is 0 Å². The van der Waals surface area contributed by atoms with Gasteiger partial charge in [0.15, 0.2) is 5.11 Å². The third-order valence-electron chi connectivity index (χ3n) is 6.64. The van der Waals surface area contributed by atoms with Crippen molar-refractivity contribution in [3.63, 3.8) is 0 Å². The van der Waals surface area contributed by atoms with Crippen LogP contribution in [-0.4, -0.2) is 23.2 Å². The molecule has 2 fully saturated rings. The van der Waals surface area contributed by atoms with Crippen molar-refractivity contribution in [2.75, 3.05) is 5.32 Å². The Morgan fingerprint density at radius 3 is 2.39 bits per heavy atom. The van der Waals surface area contributed by atoms with Crippen LogP contribution in [0.4, 0.5) is 5.69 Å². The zero-order chi connectivity index (χ0) is 19.5. The summed E-state index contributed by atoms with van der Waals surface area (Å²) in [5, 5.41) is 7.77. The van der Waals surface area contributed by atoms with E-state index in [9.17, 15) is 0 Å². The highest BCUT2D eigenvalue weighted by molar-refractivity contribution is 7.80. The quantitative estimate of drug-likeness (QED) is 0.690. The molecule has 0 amide bonds. The van der Waals surface area contributed by atoms with E-state index < -0.39 is 0 Å². The fourth-order valence-corrected chi connectivity index (χ4v) is 5.33. The Hall–Kier alpha value is -1.91. The molecule has 0 spiro atoms. The Morgan fingerprint density at radius 1 is 1.00 bits per heavy atom. The van der Waals surface area contributed by atoms with E-state index in [1.807, 2.05) is 0 Å².